The molecule has 4 heteroatoms. The van der Waals surface area contributed by atoms with E-state index in [1.807, 2.05) is 43.3 Å². The van der Waals surface area contributed by atoms with E-state index in [0.29, 0.717) is 11.3 Å². The zero-order chi connectivity index (χ0) is 20.2. The average molecular weight is 381 g/mol. The Balaban J connectivity index is 2.27. The van der Waals surface area contributed by atoms with Crippen molar-refractivity contribution in [2.45, 2.75) is 45.8 Å². The van der Waals surface area contributed by atoms with Gasteiger partial charge in [-0.2, -0.15) is 0 Å². The van der Waals surface area contributed by atoms with Crippen LogP contribution in [0.3, 0.4) is 0 Å². The van der Waals surface area contributed by atoms with E-state index >= 15 is 0 Å². The molecule has 0 aromatic heterocycles. The number of Topliss-reactive ketones (excluding diaryl/α,β-unsaturated/α-hetero) is 1. The number of benzene rings is 2. The Hall–Kier alpha value is -2.51. The molecule has 0 aliphatic carbocycles. The van der Waals surface area contributed by atoms with Crippen LogP contribution in [0.2, 0.25) is 18.1 Å². The van der Waals surface area contributed by atoms with Gasteiger partial charge in [-0.3, -0.25) is 4.79 Å². The third kappa shape index (κ3) is 5.02. The Morgan fingerprint density at radius 3 is 2.30 bits per heavy atom. The Labute approximate surface area is 163 Å². The second kappa shape index (κ2) is 8.02. The standard InChI is InChI=1S/C23H28O3Si/c1-17-10-8-9-11-19(17)20(24)14-12-18-13-15-21(22(16-18)25-5)26-27(6,7)23(2,3)4/h8-11,13,15-16H,1-7H3. The van der Waals surface area contributed by atoms with Crippen molar-refractivity contribution in [1.82, 2.24) is 0 Å². The van der Waals surface area contributed by atoms with Crippen LogP contribution in [0.4, 0.5) is 0 Å². The summed E-state index contributed by atoms with van der Waals surface area (Å²) in [4.78, 5) is 12.3. The lowest BCUT2D eigenvalue weighted by atomic mass is 10.0. The number of aryl methyl sites for hydroxylation is 1. The maximum atomic E-state index is 12.3. The molecule has 3 nitrogen and oxygen atoms in total. The molecule has 0 bridgehead atoms. The van der Waals surface area contributed by atoms with Crippen molar-refractivity contribution in [1.29, 1.82) is 0 Å². The van der Waals surface area contributed by atoms with Gasteiger partial charge in [0, 0.05) is 11.1 Å². The maximum Gasteiger partial charge on any atom is 0.250 e. The van der Waals surface area contributed by atoms with E-state index in [1.54, 1.807) is 13.2 Å². The van der Waals surface area contributed by atoms with Crippen LogP contribution in [-0.4, -0.2) is 21.2 Å². The number of rotatable bonds is 4. The van der Waals surface area contributed by atoms with Gasteiger partial charge in [0.25, 0.3) is 8.32 Å². The number of carbonyl (C=O) groups is 1. The van der Waals surface area contributed by atoms with Crippen molar-refractivity contribution in [3.8, 4) is 23.3 Å². The molecule has 0 heterocycles. The normalized spacial score (nSPS) is 11.4. The van der Waals surface area contributed by atoms with Crippen LogP contribution < -0.4 is 9.16 Å². The number of hydrogen-bond acceptors (Lipinski definition) is 3. The van der Waals surface area contributed by atoms with Crippen LogP contribution in [0.15, 0.2) is 42.5 Å². The van der Waals surface area contributed by atoms with Gasteiger partial charge in [0.2, 0.25) is 5.78 Å². The highest BCUT2D eigenvalue weighted by atomic mass is 28.4. The SMILES string of the molecule is COc1cc(C#CC(=O)c2ccccc2C)ccc1O[Si](C)(C)C(C)(C)C. The highest BCUT2D eigenvalue weighted by Crippen LogP contribution is 2.40. The largest absolute Gasteiger partial charge is 0.541 e. The van der Waals surface area contributed by atoms with E-state index in [1.165, 1.54) is 0 Å². The molecule has 0 aliphatic heterocycles. The highest BCUT2D eigenvalue weighted by Gasteiger charge is 2.39. The fourth-order valence-corrected chi connectivity index (χ4v) is 3.31. The quantitative estimate of drug-likeness (QED) is 0.392. The minimum atomic E-state index is -1.97. The van der Waals surface area contributed by atoms with Crippen LogP contribution in [0, 0.1) is 18.8 Å². The van der Waals surface area contributed by atoms with Gasteiger partial charge in [0.1, 0.15) is 5.75 Å². The Kier molecular flexibility index (Phi) is 6.18. The summed E-state index contributed by atoms with van der Waals surface area (Å²) in [6.07, 6.45) is 0. The van der Waals surface area contributed by atoms with Crippen molar-refractivity contribution < 1.29 is 14.0 Å². The molecule has 0 N–H and O–H groups in total. The monoisotopic (exact) mass is 380 g/mol. The van der Waals surface area contributed by atoms with Crippen molar-refractivity contribution in [2.24, 2.45) is 0 Å². The summed E-state index contributed by atoms with van der Waals surface area (Å²) in [5.41, 5.74) is 2.28. The van der Waals surface area contributed by atoms with Gasteiger partial charge in [0.05, 0.1) is 7.11 Å². The summed E-state index contributed by atoms with van der Waals surface area (Å²) in [5.74, 6) is 6.83. The molecule has 2 aromatic carbocycles. The van der Waals surface area contributed by atoms with Crippen LogP contribution in [0.25, 0.3) is 0 Å². The summed E-state index contributed by atoms with van der Waals surface area (Å²) < 4.78 is 11.9. The van der Waals surface area contributed by atoms with Gasteiger partial charge >= 0.3 is 0 Å². The Morgan fingerprint density at radius 2 is 1.70 bits per heavy atom. The van der Waals surface area contributed by atoms with E-state index < -0.39 is 8.32 Å². The lowest BCUT2D eigenvalue weighted by Crippen LogP contribution is -2.43. The zero-order valence-corrected chi connectivity index (χ0v) is 18.3. The predicted octanol–water partition coefficient (Wildman–Crippen LogP) is 5.62. The average Bonchev–Trinajstić information content (AvgIpc) is 2.59. The van der Waals surface area contributed by atoms with Crippen LogP contribution in [-0.2, 0) is 0 Å². The minimum Gasteiger partial charge on any atom is -0.541 e. The molecule has 0 aliphatic rings. The van der Waals surface area contributed by atoms with E-state index in [-0.39, 0.29) is 10.8 Å². The molecule has 0 unspecified atom stereocenters. The van der Waals surface area contributed by atoms with Gasteiger partial charge in [-0.1, -0.05) is 51.0 Å². The molecular weight excluding hydrogens is 352 g/mol. The van der Waals surface area contributed by atoms with E-state index in [2.05, 4.69) is 45.7 Å². The molecule has 0 fully saturated rings. The first-order valence-electron chi connectivity index (χ1n) is 9.04. The third-order valence-electron chi connectivity index (χ3n) is 5.04. The smallest absolute Gasteiger partial charge is 0.250 e. The lowest BCUT2D eigenvalue weighted by molar-refractivity contribution is 0.105. The minimum absolute atomic E-state index is 0.0937. The Bertz CT molecular complexity index is 896. The fourth-order valence-electron chi connectivity index (χ4n) is 2.28. The molecule has 0 atom stereocenters. The number of carbonyl (C=O) groups excluding carboxylic acids is 1. The topological polar surface area (TPSA) is 35.5 Å². The fraction of sp³-hybridized carbons (Fsp3) is 0.348. The lowest BCUT2D eigenvalue weighted by Gasteiger charge is -2.36. The molecule has 27 heavy (non-hydrogen) atoms. The summed E-state index contributed by atoms with van der Waals surface area (Å²) >= 11 is 0. The van der Waals surface area contributed by atoms with Crippen molar-refractivity contribution in [2.75, 3.05) is 7.11 Å². The Morgan fingerprint density at radius 1 is 1.04 bits per heavy atom. The van der Waals surface area contributed by atoms with Crippen molar-refractivity contribution in [3.05, 3.63) is 59.2 Å². The second-order valence-electron chi connectivity index (χ2n) is 8.12. The third-order valence-corrected chi connectivity index (χ3v) is 9.39. The first-order chi connectivity index (χ1) is 12.5. The summed E-state index contributed by atoms with van der Waals surface area (Å²) in [5, 5.41) is 0.0937. The van der Waals surface area contributed by atoms with Gasteiger partial charge in [-0.15, -0.1) is 0 Å². The first-order valence-corrected chi connectivity index (χ1v) is 11.9. The predicted molar refractivity (Wildman–Crippen MR) is 113 cm³/mol. The van der Waals surface area contributed by atoms with Crippen LogP contribution in [0.5, 0.6) is 11.5 Å². The molecule has 0 saturated heterocycles. The molecule has 2 aromatic rings. The van der Waals surface area contributed by atoms with Crippen LogP contribution >= 0.6 is 0 Å². The molecule has 2 rings (SSSR count). The summed E-state index contributed by atoms with van der Waals surface area (Å²) in [6, 6.07) is 13.0. The van der Waals surface area contributed by atoms with Gasteiger partial charge in [-0.05, 0) is 54.7 Å². The van der Waals surface area contributed by atoms with Gasteiger partial charge < -0.3 is 9.16 Å². The molecule has 0 saturated carbocycles. The number of hydrogen-bond donors (Lipinski definition) is 0. The number of ketones is 1. The van der Waals surface area contributed by atoms with Gasteiger partial charge in [0.15, 0.2) is 5.75 Å². The van der Waals surface area contributed by atoms with Gasteiger partial charge in [-0.25, -0.2) is 0 Å². The van der Waals surface area contributed by atoms with Crippen molar-refractivity contribution in [3.63, 3.8) is 0 Å². The van der Waals surface area contributed by atoms with E-state index in [9.17, 15) is 4.79 Å². The molecule has 142 valence electrons. The van der Waals surface area contributed by atoms with E-state index in [0.717, 1.165) is 16.9 Å². The maximum absolute atomic E-state index is 12.3. The van der Waals surface area contributed by atoms with E-state index in [4.69, 9.17) is 9.16 Å². The second-order valence-corrected chi connectivity index (χ2v) is 12.8. The molecule has 0 radical (unpaired) electrons. The molecule has 0 amide bonds. The molecular formula is C23H28O3Si. The summed E-state index contributed by atoms with van der Waals surface area (Å²) in [7, 11) is -0.353. The van der Waals surface area contributed by atoms with Crippen molar-refractivity contribution >= 4 is 14.1 Å². The zero-order valence-electron chi connectivity index (χ0n) is 17.3. The summed E-state index contributed by atoms with van der Waals surface area (Å²) in [6.45, 7) is 12.9. The number of ether oxygens (including phenoxy) is 1. The highest BCUT2D eigenvalue weighted by molar-refractivity contribution is 6.74. The number of methoxy groups -OCH3 is 1. The molecule has 0 spiro atoms. The van der Waals surface area contributed by atoms with Crippen LogP contribution in [0.1, 0.15) is 42.3 Å². The first kappa shape index (κ1) is 20.8.